The van der Waals surface area contributed by atoms with Crippen LogP contribution in [0.1, 0.15) is 0 Å². The maximum atomic E-state index is 12.4. The number of halogens is 2. The Morgan fingerprint density at radius 3 is 2.75 bits per heavy atom. The van der Waals surface area contributed by atoms with Gasteiger partial charge in [-0.25, -0.2) is 4.52 Å². The number of H-pyrrole nitrogens is 1. The van der Waals surface area contributed by atoms with Crippen LogP contribution in [0.25, 0.3) is 38.8 Å². The zero-order valence-electron chi connectivity index (χ0n) is 14.7. The van der Waals surface area contributed by atoms with Gasteiger partial charge in [-0.2, -0.15) is 24.0 Å². The lowest BCUT2D eigenvalue weighted by molar-refractivity contribution is -0.0526. The number of nitrogens with one attached hydrogen (secondary N) is 1. The number of aryl methyl sites for hydroxylation is 1. The fraction of sp³-hybridized carbons (Fsp3) is 0.105. The SMILES string of the molecule is Cn1cc(-c2cnn3ccc(-c4c[nH]c5nc(OC(F)F)ccc45)cc23)cn1. The van der Waals surface area contributed by atoms with Crippen LogP contribution < -0.4 is 4.74 Å². The predicted octanol–water partition coefficient (Wildman–Crippen LogP) is 3.88. The van der Waals surface area contributed by atoms with E-state index in [1.165, 1.54) is 6.07 Å². The molecule has 0 aliphatic rings. The zero-order valence-corrected chi connectivity index (χ0v) is 14.7. The first-order valence-electron chi connectivity index (χ1n) is 8.48. The van der Waals surface area contributed by atoms with E-state index in [9.17, 15) is 8.78 Å². The molecule has 0 amide bonds. The van der Waals surface area contributed by atoms with Crippen molar-refractivity contribution in [3.63, 3.8) is 0 Å². The molecule has 0 aliphatic carbocycles. The minimum Gasteiger partial charge on any atom is -0.417 e. The van der Waals surface area contributed by atoms with Gasteiger partial charge in [-0.05, 0) is 23.8 Å². The number of aromatic nitrogens is 6. The number of fused-ring (bicyclic) bond motifs is 2. The molecule has 5 rings (SSSR count). The highest BCUT2D eigenvalue weighted by Gasteiger charge is 2.14. The largest absolute Gasteiger partial charge is 0.417 e. The fourth-order valence-electron chi connectivity index (χ4n) is 3.31. The first-order valence-corrected chi connectivity index (χ1v) is 8.48. The van der Waals surface area contributed by atoms with E-state index in [0.29, 0.717) is 5.65 Å². The second-order valence-corrected chi connectivity index (χ2v) is 6.33. The van der Waals surface area contributed by atoms with Crippen molar-refractivity contribution in [1.82, 2.24) is 29.4 Å². The van der Waals surface area contributed by atoms with E-state index in [1.54, 1.807) is 33.9 Å². The van der Waals surface area contributed by atoms with Crippen molar-refractivity contribution in [3.8, 4) is 28.1 Å². The van der Waals surface area contributed by atoms with Crippen molar-refractivity contribution in [2.45, 2.75) is 6.61 Å². The van der Waals surface area contributed by atoms with Crippen molar-refractivity contribution in [2.24, 2.45) is 7.05 Å². The van der Waals surface area contributed by atoms with Crippen molar-refractivity contribution in [3.05, 3.63) is 55.2 Å². The molecule has 0 atom stereocenters. The van der Waals surface area contributed by atoms with Gasteiger partial charge in [0.2, 0.25) is 5.88 Å². The molecule has 0 unspecified atom stereocenters. The van der Waals surface area contributed by atoms with E-state index in [1.807, 2.05) is 31.6 Å². The van der Waals surface area contributed by atoms with Crippen LogP contribution in [0.3, 0.4) is 0 Å². The molecular weight excluding hydrogens is 366 g/mol. The second kappa shape index (κ2) is 6.15. The molecule has 5 aromatic heterocycles. The van der Waals surface area contributed by atoms with Gasteiger partial charge in [0, 0.05) is 53.8 Å². The smallest absolute Gasteiger partial charge is 0.388 e. The summed E-state index contributed by atoms with van der Waals surface area (Å²) in [6.07, 6.45) is 9.22. The summed E-state index contributed by atoms with van der Waals surface area (Å²) >= 11 is 0. The van der Waals surface area contributed by atoms with E-state index >= 15 is 0 Å². The van der Waals surface area contributed by atoms with Crippen LogP contribution in [0, 0.1) is 0 Å². The van der Waals surface area contributed by atoms with Gasteiger partial charge in [-0.1, -0.05) is 0 Å². The monoisotopic (exact) mass is 380 g/mol. The van der Waals surface area contributed by atoms with Crippen molar-refractivity contribution < 1.29 is 13.5 Å². The molecule has 140 valence electrons. The summed E-state index contributed by atoms with van der Waals surface area (Å²) in [5.41, 5.74) is 5.23. The number of hydrogen-bond acceptors (Lipinski definition) is 4. The summed E-state index contributed by atoms with van der Waals surface area (Å²) < 4.78 is 32.7. The second-order valence-electron chi connectivity index (χ2n) is 6.33. The lowest BCUT2D eigenvalue weighted by atomic mass is 10.0. The molecule has 0 radical (unpaired) electrons. The molecule has 0 aliphatic heterocycles. The molecule has 9 heteroatoms. The van der Waals surface area contributed by atoms with Gasteiger partial charge in [0.25, 0.3) is 0 Å². The number of pyridine rings is 2. The zero-order chi connectivity index (χ0) is 19.3. The Hall–Kier alpha value is -3.75. The number of aromatic amines is 1. The predicted molar refractivity (Wildman–Crippen MR) is 99.1 cm³/mol. The quantitative estimate of drug-likeness (QED) is 0.514. The van der Waals surface area contributed by atoms with Crippen molar-refractivity contribution in [2.75, 3.05) is 0 Å². The minimum atomic E-state index is -2.91. The summed E-state index contributed by atoms with van der Waals surface area (Å²) in [6.45, 7) is -2.91. The van der Waals surface area contributed by atoms with Crippen LogP contribution >= 0.6 is 0 Å². The van der Waals surface area contributed by atoms with Gasteiger partial charge in [0.05, 0.1) is 17.9 Å². The lowest BCUT2D eigenvalue weighted by Gasteiger charge is -2.04. The lowest BCUT2D eigenvalue weighted by Crippen LogP contribution is -2.03. The molecule has 0 bridgehead atoms. The summed E-state index contributed by atoms with van der Waals surface area (Å²) in [5.74, 6) is -0.124. The fourth-order valence-corrected chi connectivity index (χ4v) is 3.31. The third-order valence-corrected chi connectivity index (χ3v) is 4.57. The number of alkyl halides is 2. The average Bonchev–Trinajstić information content (AvgIpc) is 3.37. The molecule has 1 N–H and O–H groups in total. The Labute approximate surface area is 157 Å². The maximum absolute atomic E-state index is 12.4. The Morgan fingerprint density at radius 1 is 1.07 bits per heavy atom. The maximum Gasteiger partial charge on any atom is 0.388 e. The van der Waals surface area contributed by atoms with Gasteiger partial charge < -0.3 is 9.72 Å². The molecule has 5 heterocycles. The molecule has 0 saturated carbocycles. The molecular formula is C19H14F2N6O. The molecule has 28 heavy (non-hydrogen) atoms. The molecule has 0 fully saturated rings. The van der Waals surface area contributed by atoms with Crippen LogP contribution in [-0.4, -0.2) is 36.0 Å². The van der Waals surface area contributed by atoms with Gasteiger partial charge in [0.15, 0.2) is 0 Å². The molecule has 5 aromatic rings. The first-order chi connectivity index (χ1) is 13.6. The Balaban J connectivity index is 1.61. The molecule has 0 aromatic carbocycles. The van der Waals surface area contributed by atoms with Crippen LogP contribution in [0.5, 0.6) is 5.88 Å². The summed E-state index contributed by atoms with van der Waals surface area (Å²) in [6, 6.07) is 7.12. The van der Waals surface area contributed by atoms with E-state index in [0.717, 1.165) is 33.2 Å². The van der Waals surface area contributed by atoms with Gasteiger partial charge in [-0.3, -0.25) is 4.68 Å². The summed E-state index contributed by atoms with van der Waals surface area (Å²) in [5, 5.41) is 9.44. The average molecular weight is 380 g/mol. The van der Waals surface area contributed by atoms with Crippen LogP contribution in [-0.2, 0) is 7.05 Å². The standard InChI is InChI=1S/C19H14F2N6O/c1-26-10-12(7-23-26)15-9-24-27-5-4-11(6-16(15)27)14-8-22-18-13(14)2-3-17(25-18)28-19(20)21/h2-10,19H,1H3,(H,22,25). The normalized spacial score (nSPS) is 11.7. The highest BCUT2D eigenvalue weighted by molar-refractivity contribution is 5.95. The summed E-state index contributed by atoms with van der Waals surface area (Å²) in [7, 11) is 1.87. The Morgan fingerprint density at radius 2 is 1.96 bits per heavy atom. The summed E-state index contributed by atoms with van der Waals surface area (Å²) in [4.78, 5) is 7.12. The molecule has 7 nitrogen and oxygen atoms in total. The van der Waals surface area contributed by atoms with E-state index < -0.39 is 6.61 Å². The highest BCUT2D eigenvalue weighted by Crippen LogP contribution is 2.32. The number of ether oxygens (including phenoxy) is 1. The molecule has 0 spiro atoms. The number of hydrogen-bond donors (Lipinski definition) is 1. The van der Waals surface area contributed by atoms with E-state index in [-0.39, 0.29) is 5.88 Å². The highest BCUT2D eigenvalue weighted by atomic mass is 19.3. The van der Waals surface area contributed by atoms with Gasteiger partial charge >= 0.3 is 6.61 Å². The number of nitrogens with zero attached hydrogens (tertiary/aromatic N) is 5. The topological polar surface area (TPSA) is 73.0 Å². The van der Waals surface area contributed by atoms with E-state index in [2.05, 4.69) is 24.9 Å². The number of rotatable bonds is 4. The van der Waals surface area contributed by atoms with E-state index in [4.69, 9.17) is 0 Å². The minimum absolute atomic E-state index is 0.124. The third-order valence-electron chi connectivity index (χ3n) is 4.57. The van der Waals surface area contributed by atoms with Crippen LogP contribution in [0.2, 0.25) is 0 Å². The Bertz CT molecular complexity index is 1300. The van der Waals surface area contributed by atoms with Crippen LogP contribution in [0.4, 0.5) is 8.78 Å². The van der Waals surface area contributed by atoms with Gasteiger partial charge in [0.1, 0.15) is 5.65 Å². The van der Waals surface area contributed by atoms with Crippen molar-refractivity contribution in [1.29, 1.82) is 0 Å². The van der Waals surface area contributed by atoms with Crippen LogP contribution in [0.15, 0.2) is 55.2 Å². The third kappa shape index (κ3) is 2.68. The van der Waals surface area contributed by atoms with Gasteiger partial charge in [-0.15, -0.1) is 0 Å². The van der Waals surface area contributed by atoms with Crippen molar-refractivity contribution >= 4 is 16.6 Å². The molecule has 0 saturated heterocycles. The Kier molecular flexibility index (Phi) is 3.61. The first kappa shape index (κ1) is 16.4.